The molecule has 9 aromatic rings. The fraction of sp³-hybridized carbons (Fsp3) is 0.200. The van der Waals surface area contributed by atoms with Crippen molar-refractivity contribution >= 4 is 67.1 Å². The number of likely N-dealkylation sites (tertiary alicyclic amines) is 1. The van der Waals surface area contributed by atoms with E-state index in [9.17, 15) is 9.59 Å². The van der Waals surface area contributed by atoms with E-state index in [4.69, 9.17) is 5.73 Å². The Kier molecular flexibility index (Phi) is 11.0. The molecular weight excluding hydrogens is 773 g/mol. The lowest BCUT2D eigenvalue weighted by Crippen LogP contribution is -2.41. The van der Waals surface area contributed by atoms with Crippen LogP contribution >= 0.6 is 0 Å². The molecule has 5 aromatic carbocycles. The number of aromatic nitrogens is 6. The molecule has 0 aliphatic carbocycles. The minimum atomic E-state index is -0.429. The van der Waals surface area contributed by atoms with Crippen LogP contribution in [0.5, 0.6) is 0 Å². The first kappa shape index (κ1) is 39.8. The zero-order valence-corrected chi connectivity index (χ0v) is 35.0. The highest BCUT2D eigenvalue weighted by Gasteiger charge is 2.21. The molecule has 62 heavy (non-hydrogen) atoms. The van der Waals surface area contributed by atoms with Crippen LogP contribution in [0, 0.1) is 0 Å². The molecule has 310 valence electrons. The quantitative estimate of drug-likeness (QED) is 0.131. The predicted octanol–water partition coefficient (Wildman–Crippen LogP) is 9.19. The summed E-state index contributed by atoms with van der Waals surface area (Å²) in [6.07, 6.45) is 13.0. The summed E-state index contributed by atoms with van der Waals surface area (Å²) in [6.45, 7) is 6.91. The average molecular weight is 821 g/mol. The Morgan fingerprint density at radius 1 is 0.710 bits per heavy atom. The number of primary amides is 1. The lowest BCUT2D eigenvalue weighted by molar-refractivity contribution is -0.129. The smallest absolute Gasteiger partial charge is 0.248 e. The van der Waals surface area contributed by atoms with Gasteiger partial charge >= 0.3 is 0 Å². The number of fused-ring (bicyclic) bond motifs is 4. The van der Waals surface area contributed by atoms with Crippen LogP contribution in [-0.2, 0) is 24.9 Å². The number of amides is 2. The largest absolute Gasteiger partial charge is 0.382 e. The number of hydrogen-bond donors (Lipinski definition) is 3. The number of nitrogens with zero attached hydrogens (tertiary/aromatic N) is 7. The number of rotatable bonds is 9. The van der Waals surface area contributed by atoms with E-state index in [-0.39, 0.29) is 5.91 Å². The summed E-state index contributed by atoms with van der Waals surface area (Å²) in [5.41, 5.74) is 19.1. The number of anilines is 2. The van der Waals surface area contributed by atoms with Crippen molar-refractivity contribution < 1.29 is 9.59 Å². The summed E-state index contributed by atoms with van der Waals surface area (Å²) >= 11 is 0. The van der Waals surface area contributed by atoms with Gasteiger partial charge in [-0.15, -0.1) is 0 Å². The zero-order valence-electron chi connectivity index (χ0n) is 35.0. The number of benzene rings is 5. The van der Waals surface area contributed by atoms with E-state index in [1.807, 2.05) is 30.1 Å². The highest BCUT2D eigenvalue weighted by molar-refractivity contribution is 5.98. The van der Waals surface area contributed by atoms with Crippen LogP contribution < -0.4 is 16.4 Å². The van der Waals surface area contributed by atoms with Gasteiger partial charge in [-0.25, -0.2) is 0 Å². The van der Waals surface area contributed by atoms with Crippen molar-refractivity contribution in [2.75, 3.05) is 23.7 Å². The highest BCUT2D eigenvalue weighted by Crippen LogP contribution is 2.34. The van der Waals surface area contributed by atoms with E-state index < -0.39 is 5.91 Å². The van der Waals surface area contributed by atoms with Crippen LogP contribution in [0.2, 0.25) is 0 Å². The van der Waals surface area contributed by atoms with Gasteiger partial charge in [0.25, 0.3) is 0 Å². The number of nitrogens with two attached hydrogens (primary N) is 1. The minimum Gasteiger partial charge on any atom is -0.382 e. The first-order valence-corrected chi connectivity index (χ1v) is 21.0. The molecule has 0 spiro atoms. The molecule has 1 fully saturated rings. The minimum absolute atomic E-state index is 0.161. The molecule has 4 aromatic heterocycles. The third-order valence-corrected chi connectivity index (χ3v) is 11.8. The lowest BCUT2D eigenvalue weighted by Gasteiger charge is -2.32. The van der Waals surface area contributed by atoms with Crippen LogP contribution in [0.25, 0.3) is 66.1 Å². The van der Waals surface area contributed by atoms with Crippen LogP contribution in [0.3, 0.4) is 0 Å². The van der Waals surface area contributed by atoms with E-state index in [0.717, 1.165) is 93.7 Å². The number of aryl methyl sites for hydroxylation is 2. The number of nitrogens with one attached hydrogen (secondary N) is 2. The van der Waals surface area contributed by atoms with Gasteiger partial charge in [-0.2, -0.15) is 0 Å². The van der Waals surface area contributed by atoms with E-state index in [1.54, 1.807) is 43.8 Å². The molecule has 0 bridgehead atoms. The molecule has 0 unspecified atom stereocenters. The van der Waals surface area contributed by atoms with Crippen molar-refractivity contribution in [2.45, 2.75) is 45.8 Å². The van der Waals surface area contributed by atoms with Gasteiger partial charge in [0.15, 0.2) is 0 Å². The molecule has 1 saturated heterocycles. The molecule has 4 N–H and O–H groups in total. The van der Waals surface area contributed by atoms with Crippen molar-refractivity contribution in [1.29, 1.82) is 0 Å². The van der Waals surface area contributed by atoms with Gasteiger partial charge in [-0.1, -0.05) is 30.3 Å². The molecule has 0 saturated carbocycles. The van der Waals surface area contributed by atoms with Gasteiger partial charge in [0.1, 0.15) is 0 Å². The summed E-state index contributed by atoms with van der Waals surface area (Å²) in [4.78, 5) is 43.3. The fourth-order valence-electron chi connectivity index (χ4n) is 8.46. The number of carbonyl (C=O) groups excluding carboxylic acids is 2. The van der Waals surface area contributed by atoms with E-state index in [1.165, 1.54) is 21.8 Å². The van der Waals surface area contributed by atoms with Crippen molar-refractivity contribution in [1.82, 2.24) is 34.0 Å². The Balaban J connectivity index is 0.000000158. The monoisotopic (exact) mass is 820 g/mol. The second kappa shape index (κ2) is 17.2. The molecule has 12 nitrogen and oxygen atoms in total. The summed E-state index contributed by atoms with van der Waals surface area (Å²) in [5, 5.41) is 9.56. The Hall–Kier alpha value is -7.60. The molecule has 0 atom stereocenters. The van der Waals surface area contributed by atoms with Gasteiger partial charge < -0.3 is 30.4 Å². The molecular formula is C50H48N10O2. The SMILES string of the molecule is CCn1ccc2ccc(-c3cc(NC4CCN(C(C)=O)CC4)cc4nccnc34)cc21.Cn1ccc2cc(-c3cc(NCc4cccc(C(N)=O)c4)cc4nccnc34)ccc21. The van der Waals surface area contributed by atoms with Crippen LogP contribution in [0.4, 0.5) is 11.4 Å². The normalized spacial score (nSPS) is 13.0. The van der Waals surface area contributed by atoms with Gasteiger partial charge in [0, 0.05) is 128 Å². The van der Waals surface area contributed by atoms with Gasteiger partial charge in [0.2, 0.25) is 11.8 Å². The average Bonchev–Trinajstić information content (AvgIpc) is 3.90. The van der Waals surface area contributed by atoms with Gasteiger partial charge in [-0.05, 0) is 109 Å². The molecule has 1 aliphatic rings. The maximum Gasteiger partial charge on any atom is 0.248 e. The Morgan fingerprint density at radius 2 is 1.37 bits per heavy atom. The third kappa shape index (κ3) is 8.27. The molecule has 10 rings (SSSR count). The second-order valence-corrected chi connectivity index (χ2v) is 15.8. The van der Waals surface area contributed by atoms with Crippen molar-refractivity contribution in [3.63, 3.8) is 0 Å². The van der Waals surface area contributed by atoms with Crippen LogP contribution in [0.15, 0.2) is 134 Å². The van der Waals surface area contributed by atoms with Gasteiger partial charge in [0.05, 0.1) is 22.1 Å². The standard InChI is InChI=1S/C25H21N5O.C25H27N5O/c1-30-10-7-18-12-17(5-6-23(18)30)21-13-20(14-22-24(21)28-9-8-27-22)29-15-16-3-2-4-19(11-16)25(26)31;1-3-29-11-6-18-4-5-19(14-24(18)29)22-15-21(16-23-25(22)27-10-9-26-23)28-20-7-12-30(13-8-20)17(2)31/h2-14,29H,15H2,1H3,(H2,26,31);4-6,9-11,14-16,20,28H,3,7-8,12-13H2,1-2H3. The van der Waals surface area contributed by atoms with Crippen LogP contribution in [0.1, 0.15) is 42.6 Å². The fourth-order valence-corrected chi connectivity index (χ4v) is 8.46. The van der Waals surface area contributed by atoms with E-state index in [2.05, 4.69) is 126 Å². The highest BCUT2D eigenvalue weighted by atomic mass is 16.2. The maximum atomic E-state index is 11.6. The predicted molar refractivity (Wildman–Crippen MR) is 249 cm³/mol. The Morgan fingerprint density at radius 3 is 2.08 bits per heavy atom. The molecule has 2 amide bonds. The summed E-state index contributed by atoms with van der Waals surface area (Å²) in [6, 6.07) is 33.3. The molecule has 0 radical (unpaired) electrons. The number of hydrogen-bond acceptors (Lipinski definition) is 8. The third-order valence-electron chi connectivity index (χ3n) is 11.8. The molecule has 12 heteroatoms. The number of carbonyl (C=O) groups is 2. The first-order valence-electron chi connectivity index (χ1n) is 21.0. The van der Waals surface area contributed by atoms with E-state index in [0.29, 0.717) is 18.2 Å². The lowest BCUT2D eigenvalue weighted by atomic mass is 10.00. The summed E-state index contributed by atoms with van der Waals surface area (Å²) in [7, 11) is 2.04. The van der Waals surface area contributed by atoms with Crippen molar-refractivity contribution in [2.24, 2.45) is 12.8 Å². The van der Waals surface area contributed by atoms with E-state index >= 15 is 0 Å². The Bertz CT molecular complexity index is 3110. The molecule has 5 heterocycles. The number of piperidine rings is 1. The van der Waals surface area contributed by atoms with Crippen molar-refractivity contribution in [3.05, 3.63) is 145 Å². The summed E-state index contributed by atoms with van der Waals surface area (Å²) < 4.78 is 4.37. The zero-order chi connectivity index (χ0) is 42.7. The first-order chi connectivity index (χ1) is 30.2. The van der Waals surface area contributed by atoms with Crippen LogP contribution in [-0.4, -0.2) is 64.9 Å². The van der Waals surface area contributed by atoms with Crippen molar-refractivity contribution in [3.8, 4) is 22.3 Å². The maximum absolute atomic E-state index is 11.6. The summed E-state index contributed by atoms with van der Waals surface area (Å²) in [5.74, 6) is -0.268. The van der Waals surface area contributed by atoms with Gasteiger partial charge in [-0.3, -0.25) is 29.5 Å². The second-order valence-electron chi connectivity index (χ2n) is 15.8. The topological polar surface area (TPSA) is 149 Å². The molecule has 1 aliphatic heterocycles. The Labute approximate surface area is 359 Å².